The molecular formula is C11H20N2O4S. The van der Waals surface area contributed by atoms with Crippen LogP contribution < -0.4 is 0 Å². The first-order chi connectivity index (χ1) is 8.33. The van der Waals surface area contributed by atoms with E-state index < -0.39 is 21.5 Å². The molecular weight excluding hydrogens is 256 g/mol. The van der Waals surface area contributed by atoms with Crippen LogP contribution in [0.15, 0.2) is 0 Å². The zero-order chi connectivity index (χ0) is 13.8. The van der Waals surface area contributed by atoms with E-state index in [1.54, 1.807) is 4.90 Å². The topological polar surface area (TPSA) is 74.8 Å². The highest BCUT2D eigenvalue weighted by molar-refractivity contribution is 7.91. The van der Waals surface area contributed by atoms with E-state index in [9.17, 15) is 18.0 Å². The second kappa shape index (κ2) is 6.17. The molecule has 6 nitrogen and oxygen atoms in total. The van der Waals surface area contributed by atoms with Crippen molar-refractivity contribution in [1.29, 1.82) is 0 Å². The molecule has 0 aromatic carbocycles. The van der Waals surface area contributed by atoms with E-state index in [1.165, 1.54) is 4.90 Å². The van der Waals surface area contributed by atoms with Crippen LogP contribution in [0.5, 0.6) is 0 Å². The molecule has 2 amide bonds. The Morgan fingerprint density at radius 1 is 1.33 bits per heavy atom. The van der Waals surface area contributed by atoms with Crippen LogP contribution in [0.2, 0.25) is 0 Å². The first-order valence-electron chi connectivity index (χ1n) is 6.06. The summed E-state index contributed by atoms with van der Waals surface area (Å²) in [4.78, 5) is 26.7. The molecule has 1 heterocycles. The molecule has 1 aliphatic heterocycles. The molecule has 0 saturated carbocycles. The number of amides is 2. The Balaban J connectivity index is 2.64. The van der Waals surface area contributed by atoms with Crippen molar-refractivity contribution in [2.45, 2.75) is 19.8 Å². The Morgan fingerprint density at radius 3 is 2.56 bits per heavy atom. The minimum atomic E-state index is -3.34. The molecule has 0 radical (unpaired) electrons. The lowest BCUT2D eigenvalue weighted by Gasteiger charge is -2.21. The zero-order valence-electron chi connectivity index (χ0n) is 10.9. The number of hydrogen-bond donors (Lipinski definition) is 0. The fourth-order valence-corrected chi connectivity index (χ4v) is 2.59. The van der Waals surface area contributed by atoms with Crippen LogP contribution in [0, 0.1) is 0 Å². The lowest BCUT2D eigenvalue weighted by Crippen LogP contribution is -2.41. The van der Waals surface area contributed by atoms with E-state index in [1.807, 2.05) is 6.92 Å². The van der Waals surface area contributed by atoms with Gasteiger partial charge in [-0.2, -0.15) is 0 Å². The maximum absolute atomic E-state index is 11.9. The molecule has 0 spiro atoms. The molecule has 18 heavy (non-hydrogen) atoms. The SMILES string of the molecule is CCCN1CCCN(C(=O)CS(C)(=O)=O)CC1=O. The maximum atomic E-state index is 11.9. The van der Waals surface area contributed by atoms with Crippen LogP contribution in [0.25, 0.3) is 0 Å². The summed E-state index contributed by atoms with van der Waals surface area (Å²) in [5.74, 6) is -1.10. The molecule has 0 aromatic rings. The first-order valence-corrected chi connectivity index (χ1v) is 8.13. The van der Waals surface area contributed by atoms with Crippen molar-refractivity contribution in [1.82, 2.24) is 9.80 Å². The summed E-state index contributed by atoms with van der Waals surface area (Å²) in [6.07, 6.45) is 2.60. The predicted molar refractivity (Wildman–Crippen MR) is 67.8 cm³/mol. The van der Waals surface area contributed by atoms with Gasteiger partial charge in [-0.3, -0.25) is 9.59 Å². The third kappa shape index (κ3) is 4.64. The average Bonchev–Trinajstić information content (AvgIpc) is 2.40. The predicted octanol–water partition coefficient (Wildman–Crippen LogP) is -0.498. The van der Waals surface area contributed by atoms with Gasteiger partial charge in [-0.25, -0.2) is 8.42 Å². The highest BCUT2D eigenvalue weighted by Gasteiger charge is 2.25. The van der Waals surface area contributed by atoms with E-state index in [0.29, 0.717) is 26.1 Å². The maximum Gasteiger partial charge on any atom is 0.242 e. The molecule has 1 rings (SSSR count). The highest BCUT2D eigenvalue weighted by atomic mass is 32.2. The van der Waals surface area contributed by atoms with Crippen LogP contribution >= 0.6 is 0 Å². The summed E-state index contributed by atoms with van der Waals surface area (Å²) in [6.45, 7) is 3.75. The van der Waals surface area contributed by atoms with Gasteiger partial charge in [0.2, 0.25) is 11.8 Å². The van der Waals surface area contributed by atoms with Crippen LogP contribution in [0.4, 0.5) is 0 Å². The Labute approximate surface area is 108 Å². The summed E-state index contributed by atoms with van der Waals surface area (Å²) in [6, 6.07) is 0. The third-order valence-electron chi connectivity index (χ3n) is 2.77. The number of carbonyl (C=O) groups excluding carboxylic acids is 2. The second-order valence-electron chi connectivity index (χ2n) is 4.62. The fraction of sp³-hybridized carbons (Fsp3) is 0.818. The van der Waals surface area contributed by atoms with Crippen molar-refractivity contribution >= 4 is 21.7 Å². The molecule has 0 aliphatic carbocycles. The Morgan fingerprint density at radius 2 is 2.00 bits per heavy atom. The van der Waals surface area contributed by atoms with Gasteiger partial charge >= 0.3 is 0 Å². The summed E-state index contributed by atoms with van der Waals surface area (Å²) in [5.41, 5.74) is 0. The van der Waals surface area contributed by atoms with Crippen molar-refractivity contribution in [2.24, 2.45) is 0 Å². The van der Waals surface area contributed by atoms with Crippen molar-refractivity contribution < 1.29 is 18.0 Å². The van der Waals surface area contributed by atoms with E-state index in [0.717, 1.165) is 12.7 Å². The van der Waals surface area contributed by atoms with Crippen molar-refractivity contribution in [3.63, 3.8) is 0 Å². The normalized spacial score (nSPS) is 17.8. The van der Waals surface area contributed by atoms with Gasteiger partial charge < -0.3 is 9.80 Å². The molecule has 1 fully saturated rings. The van der Waals surface area contributed by atoms with E-state index in [4.69, 9.17) is 0 Å². The number of hydrogen-bond acceptors (Lipinski definition) is 4. The van der Waals surface area contributed by atoms with Gasteiger partial charge in [-0.1, -0.05) is 6.92 Å². The van der Waals surface area contributed by atoms with Gasteiger partial charge in [0.1, 0.15) is 5.75 Å². The van der Waals surface area contributed by atoms with Gasteiger partial charge in [0, 0.05) is 25.9 Å². The molecule has 0 unspecified atom stereocenters. The summed E-state index contributed by atoms with van der Waals surface area (Å²) in [7, 11) is -3.34. The smallest absolute Gasteiger partial charge is 0.242 e. The Kier molecular flexibility index (Phi) is 5.13. The zero-order valence-corrected chi connectivity index (χ0v) is 11.7. The van der Waals surface area contributed by atoms with Crippen LogP contribution in [0.1, 0.15) is 19.8 Å². The Bertz CT molecular complexity index is 419. The van der Waals surface area contributed by atoms with Crippen molar-refractivity contribution in [3.8, 4) is 0 Å². The highest BCUT2D eigenvalue weighted by Crippen LogP contribution is 2.06. The van der Waals surface area contributed by atoms with Crippen molar-refractivity contribution in [2.75, 3.05) is 38.2 Å². The average molecular weight is 276 g/mol. The largest absolute Gasteiger partial charge is 0.341 e. The van der Waals surface area contributed by atoms with Crippen LogP contribution in [-0.4, -0.2) is 68.2 Å². The van der Waals surface area contributed by atoms with Gasteiger partial charge in [0.25, 0.3) is 0 Å². The number of carbonyl (C=O) groups is 2. The molecule has 0 aromatic heterocycles. The van der Waals surface area contributed by atoms with Gasteiger partial charge in [-0.05, 0) is 12.8 Å². The fourth-order valence-electron chi connectivity index (χ4n) is 1.95. The second-order valence-corrected chi connectivity index (χ2v) is 6.76. The van der Waals surface area contributed by atoms with Crippen LogP contribution in [-0.2, 0) is 19.4 Å². The molecule has 0 bridgehead atoms. The minimum Gasteiger partial charge on any atom is -0.341 e. The lowest BCUT2D eigenvalue weighted by molar-refractivity contribution is -0.137. The molecule has 0 atom stereocenters. The minimum absolute atomic E-state index is 0.00560. The van der Waals surface area contributed by atoms with Crippen LogP contribution in [0.3, 0.4) is 0 Å². The summed E-state index contributed by atoms with van der Waals surface area (Å²) < 4.78 is 22.2. The molecule has 7 heteroatoms. The number of rotatable bonds is 4. The van der Waals surface area contributed by atoms with E-state index in [2.05, 4.69) is 0 Å². The molecule has 0 N–H and O–H groups in total. The third-order valence-corrected chi connectivity index (χ3v) is 3.54. The summed E-state index contributed by atoms with van der Waals surface area (Å²) >= 11 is 0. The molecule has 1 saturated heterocycles. The number of sulfone groups is 1. The van der Waals surface area contributed by atoms with Gasteiger partial charge in [0.15, 0.2) is 9.84 Å². The Hall–Kier alpha value is -1.11. The van der Waals surface area contributed by atoms with E-state index in [-0.39, 0.29) is 12.5 Å². The quantitative estimate of drug-likeness (QED) is 0.694. The standard InChI is InChI=1S/C11H20N2O4S/c1-3-5-12-6-4-7-13(8-10(12)14)11(15)9-18(2,16)17/h3-9H2,1-2H3. The summed E-state index contributed by atoms with van der Waals surface area (Å²) in [5, 5.41) is 0. The monoisotopic (exact) mass is 276 g/mol. The van der Waals surface area contributed by atoms with Gasteiger partial charge in [0.05, 0.1) is 6.54 Å². The molecule has 1 aliphatic rings. The number of nitrogens with zero attached hydrogens (tertiary/aromatic N) is 2. The lowest BCUT2D eigenvalue weighted by atomic mass is 10.3. The van der Waals surface area contributed by atoms with E-state index >= 15 is 0 Å². The molecule has 104 valence electrons. The first kappa shape index (κ1) is 14.9. The van der Waals surface area contributed by atoms with Crippen molar-refractivity contribution in [3.05, 3.63) is 0 Å². The van der Waals surface area contributed by atoms with Gasteiger partial charge in [-0.15, -0.1) is 0 Å².